The van der Waals surface area contributed by atoms with E-state index in [9.17, 15) is 14.4 Å². The van der Waals surface area contributed by atoms with E-state index in [1.165, 1.54) is 10.4 Å². The molecule has 2 N–H and O–H groups in total. The maximum absolute atomic E-state index is 12.2. The number of aldehydes is 1. The standard InChI is InChI=1S/C17H21N3OS.C10H19NO2/c1-12-16(22-11-19-12)14-7-5-13(6-8-14)10-18-17(21)15-4-3-9-20(15)2;1-7(2)9(13)11-8(6-12)10(3,4)5/h5-8,11,15H,3-4,9-10H2,1-2H3,(H,18,21);6-8H,1-5H3,(H,11,13). The Balaban J connectivity index is 0.000000287. The predicted molar refractivity (Wildman–Crippen MR) is 142 cm³/mol. The highest BCUT2D eigenvalue weighted by molar-refractivity contribution is 7.13. The molecule has 0 spiro atoms. The maximum Gasteiger partial charge on any atom is 0.237 e. The van der Waals surface area contributed by atoms with E-state index >= 15 is 0 Å². The lowest BCUT2D eigenvalue weighted by molar-refractivity contribution is -0.128. The van der Waals surface area contributed by atoms with E-state index in [1.54, 1.807) is 25.2 Å². The Morgan fingerprint density at radius 1 is 1.23 bits per heavy atom. The molecular weight excluding hydrogens is 460 g/mol. The molecule has 1 fully saturated rings. The number of nitrogens with zero attached hydrogens (tertiary/aromatic N) is 2. The molecule has 7 nitrogen and oxygen atoms in total. The van der Waals surface area contributed by atoms with E-state index in [2.05, 4.69) is 44.8 Å². The van der Waals surface area contributed by atoms with Gasteiger partial charge in [0.15, 0.2) is 0 Å². The van der Waals surface area contributed by atoms with Gasteiger partial charge in [-0.05, 0) is 49.9 Å². The molecule has 2 heterocycles. The van der Waals surface area contributed by atoms with Gasteiger partial charge in [-0.15, -0.1) is 11.3 Å². The van der Waals surface area contributed by atoms with Crippen molar-refractivity contribution in [1.82, 2.24) is 20.5 Å². The molecule has 2 unspecified atom stereocenters. The highest BCUT2D eigenvalue weighted by Gasteiger charge is 2.27. The first-order valence-corrected chi connectivity index (χ1v) is 13.0. The van der Waals surface area contributed by atoms with Crippen LogP contribution in [0, 0.1) is 18.3 Å². The summed E-state index contributed by atoms with van der Waals surface area (Å²) in [5, 5.41) is 5.75. The fraction of sp³-hybridized carbons (Fsp3) is 0.556. The van der Waals surface area contributed by atoms with Gasteiger partial charge in [0.05, 0.1) is 28.2 Å². The number of aromatic nitrogens is 1. The molecule has 2 atom stereocenters. The van der Waals surface area contributed by atoms with E-state index < -0.39 is 6.04 Å². The summed E-state index contributed by atoms with van der Waals surface area (Å²) in [5.41, 5.74) is 5.03. The largest absolute Gasteiger partial charge is 0.351 e. The number of carbonyl (C=O) groups excluding carboxylic acids is 3. The molecule has 1 aromatic heterocycles. The number of hydrogen-bond donors (Lipinski definition) is 2. The van der Waals surface area contributed by atoms with Crippen molar-refractivity contribution in [3.63, 3.8) is 0 Å². The van der Waals surface area contributed by atoms with Crippen molar-refractivity contribution in [3.05, 3.63) is 41.0 Å². The molecule has 3 rings (SSSR count). The van der Waals surface area contributed by atoms with Gasteiger partial charge in [-0.2, -0.15) is 0 Å². The number of rotatable bonds is 7. The monoisotopic (exact) mass is 500 g/mol. The van der Waals surface area contributed by atoms with Crippen molar-refractivity contribution in [2.75, 3.05) is 13.6 Å². The van der Waals surface area contributed by atoms with Gasteiger partial charge in [0.25, 0.3) is 0 Å². The van der Waals surface area contributed by atoms with E-state index in [-0.39, 0.29) is 29.2 Å². The highest BCUT2D eigenvalue weighted by Crippen LogP contribution is 2.27. The molecule has 0 saturated carbocycles. The summed E-state index contributed by atoms with van der Waals surface area (Å²) in [6, 6.07) is 8.00. The minimum atomic E-state index is -0.401. The van der Waals surface area contributed by atoms with Gasteiger partial charge in [-0.1, -0.05) is 58.9 Å². The van der Waals surface area contributed by atoms with Gasteiger partial charge in [-0.25, -0.2) is 4.98 Å². The first-order valence-electron chi connectivity index (χ1n) is 12.2. The van der Waals surface area contributed by atoms with Crippen LogP contribution < -0.4 is 10.6 Å². The second kappa shape index (κ2) is 12.9. The van der Waals surface area contributed by atoms with Crippen LogP contribution in [-0.4, -0.2) is 53.7 Å². The third-order valence-electron chi connectivity index (χ3n) is 6.14. The van der Waals surface area contributed by atoms with Crippen LogP contribution in [0.2, 0.25) is 0 Å². The van der Waals surface area contributed by atoms with Gasteiger partial charge >= 0.3 is 0 Å². The van der Waals surface area contributed by atoms with Crippen molar-refractivity contribution in [2.24, 2.45) is 11.3 Å². The number of nitrogens with one attached hydrogen (secondary N) is 2. The average Bonchev–Trinajstić information content (AvgIpc) is 3.43. The Morgan fingerprint density at radius 2 is 1.89 bits per heavy atom. The number of amides is 2. The third-order valence-corrected chi connectivity index (χ3v) is 7.12. The summed E-state index contributed by atoms with van der Waals surface area (Å²) in [7, 11) is 2.02. The topological polar surface area (TPSA) is 91.4 Å². The van der Waals surface area contributed by atoms with Gasteiger partial charge in [0.2, 0.25) is 11.8 Å². The van der Waals surface area contributed by atoms with Gasteiger partial charge < -0.3 is 15.4 Å². The Morgan fingerprint density at radius 3 is 2.34 bits per heavy atom. The molecule has 0 radical (unpaired) electrons. The highest BCUT2D eigenvalue weighted by atomic mass is 32.1. The number of thiazole rings is 1. The zero-order valence-electron chi connectivity index (χ0n) is 22.1. The Hall–Kier alpha value is -2.58. The van der Waals surface area contributed by atoms with Gasteiger partial charge in [0, 0.05) is 12.5 Å². The van der Waals surface area contributed by atoms with Crippen LogP contribution in [0.4, 0.5) is 0 Å². The number of likely N-dealkylation sites (N-methyl/N-ethyl adjacent to an activating group) is 1. The Bertz CT molecular complexity index is 979. The zero-order valence-corrected chi connectivity index (χ0v) is 22.9. The molecule has 8 heteroatoms. The van der Waals surface area contributed by atoms with E-state index in [1.807, 2.05) is 40.3 Å². The molecule has 1 saturated heterocycles. The zero-order chi connectivity index (χ0) is 26.2. The molecule has 0 aliphatic carbocycles. The fourth-order valence-electron chi connectivity index (χ4n) is 3.68. The number of benzene rings is 1. The molecule has 192 valence electrons. The van der Waals surface area contributed by atoms with Crippen LogP contribution in [0.3, 0.4) is 0 Å². The molecule has 0 bridgehead atoms. The normalized spacial score (nSPS) is 16.9. The maximum atomic E-state index is 12.2. The Kier molecular flexibility index (Phi) is 10.6. The molecule has 1 aliphatic rings. The van der Waals surface area contributed by atoms with Crippen LogP contribution in [0.5, 0.6) is 0 Å². The fourth-order valence-corrected chi connectivity index (χ4v) is 4.49. The summed E-state index contributed by atoms with van der Waals surface area (Å²) in [5.74, 6) is -0.0146. The SMILES string of the molecule is CC(C)C(=O)NC(C=O)C(C)(C)C.Cc1ncsc1-c1ccc(CNC(=O)C2CCCN2C)cc1. The summed E-state index contributed by atoms with van der Waals surface area (Å²) in [6.07, 6.45) is 2.86. The lowest BCUT2D eigenvalue weighted by Gasteiger charge is -2.27. The van der Waals surface area contributed by atoms with Crippen molar-refractivity contribution in [3.8, 4) is 10.4 Å². The molecule has 2 amide bonds. The van der Waals surface area contributed by atoms with E-state index in [4.69, 9.17) is 0 Å². The molecule has 1 aliphatic heterocycles. The van der Waals surface area contributed by atoms with Crippen molar-refractivity contribution in [1.29, 1.82) is 0 Å². The Labute approximate surface area is 213 Å². The van der Waals surface area contributed by atoms with Crippen LogP contribution >= 0.6 is 11.3 Å². The second-order valence-electron chi connectivity index (χ2n) is 10.5. The van der Waals surface area contributed by atoms with Crippen molar-refractivity contribution in [2.45, 2.75) is 73.0 Å². The molecule has 35 heavy (non-hydrogen) atoms. The summed E-state index contributed by atoms with van der Waals surface area (Å²) >= 11 is 1.66. The predicted octanol–water partition coefficient (Wildman–Crippen LogP) is 4.20. The number of hydrogen-bond acceptors (Lipinski definition) is 6. The first kappa shape index (κ1) is 28.7. The minimum Gasteiger partial charge on any atom is -0.351 e. The molecular formula is C27H40N4O3S. The van der Waals surface area contributed by atoms with Crippen LogP contribution in [0.15, 0.2) is 29.8 Å². The second-order valence-corrected chi connectivity index (χ2v) is 11.3. The molecule has 1 aromatic carbocycles. The summed E-state index contributed by atoms with van der Waals surface area (Å²) < 4.78 is 0. The quantitative estimate of drug-likeness (QED) is 0.556. The first-order chi connectivity index (χ1) is 16.4. The minimum absolute atomic E-state index is 0.0408. The summed E-state index contributed by atoms with van der Waals surface area (Å²) in [4.78, 5) is 41.8. The number of likely N-dealkylation sites (tertiary alicyclic amines) is 1. The van der Waals surface area contributed by atoms with Crippen LogP contribution in [0.1, 0.15) is 58.7 Å². The van der Waals surface area contributed by atoms with Gasteiger partial charge in [-0.3, -0.25) is 14.5 Å². The van der Waals surface area contributed by atoms with Gasteiger partial charge in [0.1, 0.15) is 6.29 Å². The molecule has 2 aromatic rings. The van der Waals surface area contributed by atoms with Crippen LogP contribution in [0.25, 0.3) is 10.4 Å². The van der Waals surface area contributed by atoms with E-state index in [0.717, 1.165) is 36.9 Å². The number of carbonyl (C=O) groups is 3. The van der Waals surface area contributed by atoms with Crippen LogP contribution in [-0.2, 0) is 20.9 Å². The smallest absolute Gasteiger partial charge is 0.237 e. The number of aryl methyl sites for hydroxylation is 1. The lowest BCUT2D eigenvalue weighted by Crippen LogP contribution is -2.46. The van der Waals surface area contributed by atoms with E-state index in [0.29, 0.717) is 6.54 Å². The summed E-state index contributed by atoms with van der Waals surface area (Å²) in [6.45, 7) is 13.0. The third kappa shape index (κ3) is 8.54. The van der Waals surface area contributed by atoms with Crippen molar-refractivity contribution < 1.29 is 14.4 Å². The lowest BCUT2D eigenvalue weighted by atomic mass is 9.87. The average molecular weight is 501 g/mol. The van der Waals surface area contributed by atoms with Crippen molar-refractivity contribution >= 4 is 29.4 Å².